The molecule has 0 unspecified atom stereocenters. The van der Waals surface area contributed by atoms with Crippen LogP contribution in [0.15, 0.2) is 54.7 Å². The molecule has 26 heavy (non-hydrogen) atoms. The van der Waals surface area contributed by atoms with Gasteiger partial charge >= 0.3 is 0 Å². The van der Waals surface area contributed by atoms with E-state index in [4.69, 9.17) is 4.74 Å². The van der Waals surface area contributed by atoms with Crippen LogP contribution in [0.25, 0.3) is 5.57 Å². The monoisotopic (exact) mass is 348 g/mol. The Bertz CT molecular complexity index is 898. The van der Waals surface area contributed by atoms with Crippen molar-refractivity contribution < 1.29 is 14.3 Å². The van der Waals surface area contributed by atoms with Crippen LogP contribution in [0.3, 0.4) is 0 Å². The van der Waals surface area contributed by atoms with Gasteiger partial charge in [-0.1, -0.05) is 36.4 Å². The first-order valence-electron chi connectivity index (χ1n) is 8.74. The Kier molecular flexibility index (Phi) is 4.31. The number of aryl methyl sites for hydroxylation is 1. The molecule has 2 heterocycles. The first-order valence-corrected chi connectivity index (χ1v) is 8.74. The molecule has 0 atom stereocenters. The number of rotatable bonds is 2. The number of amides is 2. The van der Waals surface area contributed by atoms with Crippen molar-refractivity contribution in [2.45, 2.75) is 6.92 Å². The number of imide groups is 1. The van der Waals surface area contributed by atoms with Crippen molar-refractivity contribution in [1.29, 1.82) is 0 Å². The SMILES string of the molecule is Cc1ccccc1N1C(=O)C(=CN2CCOCC2)c2ccccc2C1=O. The topological polar surface area (TPSA) is 49.9 Å². The van der Waals surface area contributed by atoms with Gasteiger partial charge in [0.25, 0.3) is 11.8 Å². The number of para-hydroxylation sites is 1. The lowest BCUT2D eigenvalue weighted by molar-refractivity contribution is -0.112. The van der Waals surface area contributed by atoms with Gasteiger partial charge in [0, 0.05) is 30.4 Å². The summed E-state index contributed by atoms with van der Waals surface area (Å²) in [6.45, 7) is 4.65. The summed E-state index contributed by atoms with van der Waals surface area (Å²) in [5.41, 5.74) is 3.31. The number of hydrogen-bond acceptors (Lipinski definition) is 4. The Morgan fingerprint density at radius 3 is 2.27 bits per heavy atom. The average Bonchev–Trinajstić information content (AvgIpc) is 2.67. The van der Waals surface area contributed by atoms with E-state index in [1.807, 2.05) is 55.6 Å². The molecule has 2 aromatic rings. The number of ether oxygens (including phenoxy) is 1. The molecule has 2 aliphatic heterocycles. The Balaban J connectivity index is 1.84. The average molecular weight is 348 g/mol. The predicted octanol–water partition coefficient (Wildman–Crippen LogP) is 2.86. The molecule has 0 N–H and O–H groups in total. The fourth-order valence-electron chi connectivity index (χ4n) is 3.40. The lowest BCUT2D eigenvalue weighted by atomic mass is 9.93. The van der Waals surface area contributed by atoms with Gasteiger partial charge in [0.1, 0.15) is 0 Å². The lowest BCUT2D eigenvalue weighted by Gasteiger charge is -2.32. The number of carbonyl (C=O) groups is 2. The van der Waals surface area contributed by atoms with Crippen LogP contribution in [0.2, 0.25) is 0 Å². The van der Waals surface area contributed by atoms with Crippen LogP contribution in [0.4, 0.5) is 5.69 Å². The maximum atomic E-state index is 13.3. The maximum absolute atomic E-state index is 13.3. The van der Waals surface area contributed by atoms with E-state index in [1.54, 1.807) is 6.07 Å². The lowest BCUT2D eigenvalue weighted by Crippen LogP contribution is -2.43. The Morgan fingerprint density at radius 2 is 1.54 bits per heavy atom. The molecule has 5 nitrogen and oxygen atoms in total. The van der Waals surface area contributed by atoms with Gasteiger partial charge in [0.05, 0.1) is 24.5 Å². The van der Waals surface area contributed by atoms with Gasteiger partial charge in [-0.2, -0.15) is 0 Å². The Morgan fingerprint density at radius 1 is 0.885 bits per heavy atom. The van der Waals surface area contributed by atoms with Gasteiger partial charge in [-0.05, 0) is 24.6 Å². The predicted molar refractivity (Wildman–Crippen MR) is 99.8 cm³/mol. The summed E-state index contributed by atoms with van der Waals surface area (Å²) in [5.74, 6) is -0.562. The van der Waals surface area contributed by atoms with Gasteiger partial charge in [0.15, 0.2) is 0 Å². The molecule has 0 spiro atoms. The molecule has 0 aromatic heterocycles. The van der Waals surface area contributed by atoms with E-state index in [2.05, 4.69) is 4.90 Å². The van der Waals surface area contributed by atoms with Crippen molar-refractivity contribution in [2.24, 2.45) is 0 Å². The Labute approximate surface area is 152 Å². The molecule has 0 aliphatic carbocycles. The van der Waals surface area contributed by atoms with E-state index < -0.39 is 0 Å². The van der Waals surface area contributed by atoms with E-state index >= 15 is 0 Å². The van der Waals surface area contributed by atoms with Crippen molar-refractivity contribution in [1.82, 2.24) is 4.90 Å². The van der Waals surface area contributed by atoms with Crippen molar-refractivity contribution in [3.63, 3.8) is 0 Å². The minimum Gasteiger partial charge on any atom is -0.378 e. The zero-order valence-electron chi connectivity index (χ0n) is 14.6. The second kappa shape index (κ2) is 6.77. The van der Waals surface area contributed by atoms with Gasteiger partial charge in [-0.15, -0.1) is 0 Å². The molecule has 5 heteroatoms. The minimum absolute atomic E-state index is 0.279. The van der Waals surface area contributed by atoms with Crippen LogP contribution in [0, 0.1) is 6.92 Å². The fourth-order valence-corrected chi connectivity index (χ4v) is 3.40. The second-order valence-electron chi connectivity index (χ2n) is 6.47. The summed E-state index contributed by atoms with van der Waals surface area (Å²) >= 11 is 0. The first kappa shape index (κ1) is 16.5. The number of anilines is 1. The molecular weight excluding hydrogens is 328 g/mol. The van der Waals surface area contributed by atoms with Crippen LogP contribution in [0.1, 0.15) is 21.5 Å². The van der Waals surface area contributed by atoms with Crippen molar-refractivity contribution >= 4 is 23.1 Å². The number of fused-ring (bicyclic) bond motifs is 1. The summed E-state index contributed by atoms with van der Waals surface area (Å²) in [6.07, 6.45) is 1.88. The Hall–Kier alpha value is -2.92. The highest BCUT2D eigenvalue weighted by molar-refractivity contribution is 6.41. The zero-order chi connectivity index (χ0) is 18.1. The van der Waals surface area contributed by atoms with Crippen LogP contribution >= 0.6 is 0 Å². The quantitative estimate of drug-likeness (QED) is 0.619. The summed E-state index contributed by atoms with van der Waals surface area (Å²) in [5, 5.41) is 0. The molecule has 0 bridgehead atoms. The molecule has 2 amide bonds. The van der Waals surface area contributed by atoms with Crippen molar-refractivity contribution in [3.8, 4) is 0 Å². The second-order valence-corrected chi connectivity index (χ2v) is 6.47. The standard InChI is InChI=1S/C21H20N2O3/c1-15-6-2-5-9-19(15)23-20(24)17-8-4-3-7-16(17)18(21(23)25)14-22-10-12-26-13-11-22/h2-9,14H,10-13H2,1H3. The highest BCUT2D eigenvalue weighted by atomic mass is 16.5. The van der Waals surface area contributed by atoms with Crippen molar-refractivity contribution in [3.05, 3.63) is 71.4 Å². The molecule has 1 fully saturated rings. The molecular formula is C21H20N2O3. The van der Waals surface area contributed by atoms with Gasteiger partial charge in [0.2, 0.25) is 0 Å². The number of benzene rings is 2. The number of nitrogens with zero attached hydrogens (tertiary/aromatic N) is 2. The van der Waals surface area contributed by atoms with Gasteiger partial charge in [-0.3, -0.25) is 9.59 Å². The van der Waals surface area contributed by atoms with Gasteiger partial charge in [-0.25, -0.2) is 4.90 Å². The first-order chi connectivity index (χ1) is 12.7. The molecule has 2 aliphatic rings. The minimum atomic E-state index is -0.283. The fraction of sp³-hybridized carbons (Fsp3) is 0.238. The highest BCUT2D eigenvalue weighted by Crippen LogP contribution is 2.33. The summed E-state index contributed by atoms with van der Waals surface area (Å²) in [6, 6.07) is 14.8. The van der Waals surface area contributed by atoms with Crippen molar-refractivity contribution in [2.75, 3.05) is 31.2 Å². The summed E-state index contributed by atoms with van der Waals surface area (Å²) in [7, 11) is 0. The normalized spacial score (nSPS) is 19.0. The van der Waals surface area contributed by atoms with E-state index in [0.29, 0.717) is 35.6 Å². The van der Waals surface area contributed by atoms with E-state index in [-0.39, 0.29) is 11.8 Å². The maximum Gasteiger partial charge on any atom is 0.267 e. The van der Waals surface area contributed by atoms with E-state index in [1.165, 1.54) is 4.90 Å². The smallest absolute Gasteiger partial charge is 0.267 e. The largest absolute Gasteiger partial charge is 0.378 e. The molecule has 0 saturated carbocycles. The summed E-state index contributed by atoms with van der Waals surface area (Å²) < 4.78 is 5.39. The third kappa shape index (κ3) is 2.80. The molecule has 2 aromatic carbocycles. The zero-order valence-corrected chi connectivity index (χ0v) is 14.6. The van der Waals surface area contributed by atoms with Crippen LogP contribution < -0.4 is 4.90 Å². The van der Waals surface area contributed by atoms with E-state index in [9.17, 15) is 9.59 Å². The van der Waals surface area contributed by atoms with Crippen LogP contribution in [-0.4, -0.2) is 43.0 Å². The van der Waals surface area contributed by atoms with E-state index in [0.717, 1.165) is 18.7 Å². The third-order valence-corrected chi connectivity index (χ3v) is 4.80. The molecule has 132 valence electrons. The third-order valence-electron chi connectivity index (χ3n) is 4.80. The van der Waals surface area contributed by atoms with Gasteiger partial charge < -0.3 is 9.64 Å². The van der Waals surface area contributed by atoms with Crippen LogP contribution in [-0.2, 0) is 9.53 Å². The molecule has 4 rings (SSSR count). The number of morpholine rings is 1. The van der Waals surface area contributed by atoms with Crippen LogP contribution in [0.5, 0.6) is 0 Å². The number of hydrogen-bond donors (Lipinski definition) is 0. The number of carbonyl (C=O) groups excluding carboxylic acids is 2. The highest BCUT2D eigenvalue weighted by Gasteiger charge is 2.36. The molecule has 1 saturated heterocycles. The summed E-state index contributed by atoms with van der Waals surface area (Å²) in [4.78, 5) is 29.7. The molecule has 0 radical (unpaired) electrons.